The predicted octanol–water partition coefficient (Wildman–Crippen LogP) is 1.42. The van der Waals surface area contributed by atoms with E-state index >= 15 is 0 Å². The first-order valence-corrected chi connectivity index (χ1v) is 5.78. The molecule has 0 spiro atoms. The molecule has 0 fully saturated rings. The molecule has 0 unspecified atom stereocenters. The predicted molar refractivity (Wildman–Crippen MR) is 70.4 cm³/mol. The van der Waals surface area contributed by atoms with Gasteiger partial charge in [-0.15, -0.1) is 0 Å². The number of hydrogen-bond donors (Lipinski definition) is 2. The summed E-state index contributed by atoms with van der Waals surface area (Å²) >= 11 is 0. The molecule has 1 amide bonds. The SMILES string of the molecule is CCOc1ncccc1NC(=O)c1ccc(=O)[nH]c1. The Hall–Kier alpha value is -2.63. The third-order valence-electron chi connectivity index (χ3n) is 2.35. The Morgan fingerprint density at radius 1 is 1.42 bits per heavy atom. The summed E-state index contributed by atoms with van der Waals surface area (Å²) in [5.74, 6) is 0.0213. The molecule has 2 aromatic rings. The lowest BCUT2D eigenvalue weighted by molar-refractivity contribution is 0.102. The smallest absolute Gasteiger partial charge is 0.257 e. The second kappa shape index (κ2) is 5.81. The average molecular weight is 259 g/mol. The van der Waals surface area contributed by atoms with Crippen LogP contribution in [-0.4, -0.2) is 22.5 Å². The van der Waals surface area contributed by atoms with Crippen LogP contribution in [0.15, 0.2) is 41.5 Å². The lowest BCUT2D eigenvalue weighted by atomic mass is 10.2. The maximum Gasteiger partial charge on any atom is 0.257 e. The largest absolute Gasteiger partial charge is 0.476 e. The fourth-order valence-electron chi connectivity index (χ4n) is 1.48. The third-order valence-corrected chi connectivity index (χ3v) is 2.35. The van der Waals surface area contributed by atoms with Crippen molar-refractivity contribution >= 4 is 11.6 Å². The normalized spacial score (nSPS) is 9.95. The van der Waals surface area contributed by atoms with Gasteiger partial charge in [0.2, 0.25) is 11.4 Å². The van der Waals surface area contributed by atoms with Crippen LogP contribution >= 0.6 is 0 Å². The van der Waals surface area contributed by atoms with Crippen LogP contribution in [0.1, 0.15) is 17.3 Å². The number of aromatic nitrogens is 2. The summed E-state index contributed by atoms with van der Waals surface area (Å²) in [5.41, 5.74) is 0.583. The second-order valence-electron chi connectivity index (χ2n) is 3.68. The lowest BCUT2D eigenvalue weighted by Crippen LogP contribution is -2.15. The summed E-state index contributed by atoms with van der Waals surface area (Å²) in [6.45, 7) is 2.29. The van der Waals surface area contributed by atoms with Crippen molar-refractivity contribution in [3.8, 4) is 5.88 Å². The highest BCUT2D eigenvalue weighted by Gasteiger charge is 2.10. The average Bonchev–Trinajstić information content (AvgIpc) is 2.42. The van der Waals surface area contributed by atoms with Gasteiger partial charge in [0, 0.05) is 18.5 Å². The molecule has 6 heteroatoms. The van der Waals surface area contributed by atoms with E-state index in [1.54, 1.807) is 18.3 Å². The first-order chi connectivity index (χ1) is 9.20. The minimum Gasteiger partial charge on any atom is -0.476 e. The molecule has 2 N–H and O–H groups in total. The van der Waals surface area contributed by atoms with E-state index < -0.39 is 0 Å². The number of amides is 1. The number of aromatic amines is 1. The summed E-state index contributed by atoms with van der Waals surface area (Å²) in [6, 6.07) is 6.14. The molecule has 0 aliphatic rings. The molecule has 0 saturated heterocycles. The monoisotopic (exact) mass is 259 g/mol. The zero-order chi connectivity index (χ0) is 13.7. The van der Waals surface area contributed by atoms with Crippen LogP contribution in [0, 0.1) is 0 Å². The first kappa shape index (κ1) is 12.8. The van der Waals surface area contributed by atoms with E-state index in [4.69, 9.17) is 4.74 Å². The maximum atomic E-state index is 12.0. The molecule has 6 nitrogen and oxygen atoms in total. The Morgan fingerprint density at radius 2 is 2.26 bits per heavy atom. The van der Waals surface area contributed by atoms with Gasteiger partial charge in [0.25, 0.3) is 5.91 Å². The van der Waals surface area contributed by atoms with Crippen molar-refractivity contribution in [2.24, 2.45) is 0 Å². The molecule has 98 valence electrons. The van der Waals surface area contributed by atoms with E-state index in [2.05, 4.69) is 15.3 Å². The number of rotatable bonds is 4. The summed E-state index contributed by atoms with van der Waals surface area (Å²) in [5, 5.41) is 2.68. The molecular formula is C13H13N3O3. The Balaban J connectivity index is 2.19. The van der Waals surface area contributed by atoms with Gasteiger partial charge in [-0.3, -0.25) is 9.59 Å². The van der Waals surface area contributed by atoms with Gasteiger partial charge in [0.05, 0.1) is 12.2 Å². The van der Waals surface area contributed by atoms with Gasteiger partial charge in [0.15, 0.2) is 0 Å². The Labute approximate surface area is 109 Å². The van der Waals surface area contributed by atoms with E-state index in [1.165, 1.54) is 18.3 Å². The fraction of sp³-hybridized carbons (Fsp3) is 0.154. The number of anilines is 1. The van der Waals surface area contributed by atoms with Crippen molar-refractivity contribution in [3.05, 3.63) is 52.6 Å². The Kier molecular flexibility index (Phi) is 3.92. The van der Waals surface area contributed by atoms with E-state index in [0.29, 0.717) is 23.7 Å². The lowest BCUT2D eigenvalue weighted by Gasteiger charge is -2.09. The minimum absolute atomic E-state index is 0.257. The van der Waals surface area contributed by atoms with Crippen molar-refractivity contribution in [3.63, 3.8) is 0 Å². The highest BCUT2D eigenvalue weighted by atomic mass is 16.5. The van der Waals surface area contributed by atoms with Crippen LogP contribution in [0.2, 0.25) is 0 Å². The highest BCUT2D eigenvalue weighted by molar-refractivity contribution is 6.04. The zero-order valence-corrected chi connectivity index (χ0v) is 10.3. The van der Waals surface area contributed by atoms with Crippen molar-refractivity contribution < 1.29 is 9.53 Å². The van der Waals surface area contributed by atoms with Crippen molar-refractivity contribution in [1.29, 1.82) is 0 Å². The molecule has 2 heterocycles. The van der Waals surface area contributed by atoms with E-state index in [9.17, 15) is 9.59 Å². The molecular weight excluding hydrogens is 246 g/mol. The molecule has 0 bridgehead atoms. The first-order valence-electron chi connectivity index (χ1n) is 5.78. The number of ether oxygens (including phenoxy) is 1. The minimum atomic E-state index is -0.342. The van der Waals surface area contributed by atoms with E-state index in [-0.39, 0.29) is 11.5 Å². The molecule has 2 rings (SSSR count). The van der Waals surface area contributed by atoms with Crippen molar-refractivity contribution in [1.82, 2.24) is 9.97 Å². The van der Waals surface area contributed by atoms with Gasteiger partial charge in [-0.2, -0.15) is 0 Å². The van der Waals surface area contributed by atoms with Gasteiger partial charge in [-0.1, -0.05) is 0 Å². The maximum absolute atomic E-state index is 12.0. The number of nitrogens with zero attached hydrogens (tertiary/aromatic N) is 1. The summed E-state index contributed by atoms with van der Waals surface area (Å²) < 4.78 is 5.31. The Bertz CT molecular complexity index is 617. The highest BCUT2D eigenvalue weighted by Crippen LogP contribution is 2.20. The quantitative estimate of drug-likeness (QED) is 0.869. The molecule has 0 aromatic carbocycles. The summed E-state index contributed by atoms with van der Waals surface area (Å²) in [6.07, 6.45) is 2.94. The summed E-state index contributed by atoms with van der Waals surface area (Å²) in [7, 11) is 0. The van der Waals surface area contributed by atoms with Crippen LogP contribution in [-0.2, 0) is 0 Å². The number of pyridine rings is 2. The Morgan fingerprint density at radius 3 is 2.95 bits per heavy atom. The van der Waals surface area contributed by atoms with Gasteiger partial charge in [0.1, 0.15) is 5.69 Å². The van der Waals surface area contributed by atoms with Crippen LogP contribution in [0.5, 0.6) is 5.88 Å². The number of carbonyl (C=O) groups is 1. The topological polar surface area (TPSA) is 84.1 Å². The number of carbonyl (C=O) groups excluding carboxylic acids is 1. The molecule has 19 heavy (non-hydrogen) atoms. The molecule has 0 saturated carbocycles. The van der Waals surface area contributed by atoms with Crippen molar-refractivity contribution in [2.75, 3.05) is 11.9 Å². The van der Waals surface area contributed by atoms with Crippen LogP contribution in [0.4, 0.5) is 5.69 Å². The molecule has 0 aliphatic carbocycles. The number of nitrogens with one attached hydrogen (secondary N) is 2. The second-order valence-corrected chi connectivity index (χ2v) is 3.68. The molecule has 0 aliphatic heterocycles. The van der Waals surface area contributed by atoms with Crippen LogP contribution in [0.25, 0.3) is 0 Å². The number of hydrogen-bond acceptors (Lipinski definition) is 4. The number of H-pyrrole nitrogens is 1. The van der Waals surface area contributed by atoms with Crippen LogP contribution < -0.4 is 15.6 Å². The van der Waals surface area contributed by atoms with Gasteiger partial charge >= 0.3 is 0 Å². The van der Waals surface area contributed by atoms with Gasteiger partial charge < -0.3 is 15.0 Å². The van der Waals surface area contributed by atoms with Gasteiger partial charge in [-0.05, 0) is 25.1 Å². The molecule has 0 radical (unpaired) electrons. The fourth-order valence-corrected chi connectivity index (χ4v) is 1.48. The van der Waals surface area contributed by atoms with Crippen LogP contribution in [0.3, 0.4) is 0 Å². The third kappa shape index (κ3) is 3.19. The van der Waals surface area contributed by atoms with Gasteiger partial charge in [-0.25, -0.2) is 4.98 Å². The van der Waals surface area contributed by atoms with Crippen molar-refractivity contribution in [2.45, 2.75) is 6.92 Å². The van der Waals surface area contributed by atoms with E-state index in [1.807, 2.05) is 6.92 Å². The van der Waals surface area contributed by atoms with E-state index in [0.717, 1.165) is 0 Å². The molecule has 0 atom stereocenters. The molecule has 2 aromatic heterocycles. The summed E-state index contributed by atoms with van der Waals surface area (Å²) in [4.78, 5) is 29.4. The zero-order valence-electron chi connectivity index (χ0n) is 10.3. The standard InChI is InChI=1S/C13H13N3O3/c1-2-19-13-10(4-3-7-14-13)16-12(18)9-5-6-11(17)15-8-9/h3-8H,2H2,1H3,(H,15,17)(H,16,18).